The Morgan fingerprint density at radius 3 is 2.84 bits per heavy atom. The lowest BCUT2D eigenvalue weighted by Gasteiger charge is -2.19. The molecule has 1 heterocycles. The number of rotatable bonds is 4. The predicted molar refractivity (Wildman–Crippen MR) is 73.4 cm³/mol. The number of primary amides is 1. The number of allylic oxidation sites excluding steroid dienone is 3. The summed E-state index contributed by atoms with van der Waals surface area (Å²) in [5, 5.41) is 9.06. The second-order valence-corrected chi connectivity index (χ2v) is 5.44. The van der Waals surface area contributed by atoms with Crippen molar-refractivity contribution in [3.8, 4) is 0 Å². The summed E-state index contributed by atoms with van der Waals surface area (Å²) in [6.45, 7) is 0.127. The van der Waals surface area contributed by atoms with E-state index in [9.17, 15) is 4.79 Å². The predicted octanol–water partition coefficient (Wildman–Crippen LogP) is 1.68. The highest BCUT2D eigenvalue weighted by Crippen LogP contribution is 2.28. The Bertz CT molecular complexity index is 376. The monoisotopic (exact) mass is 265 g/mol. The topological polar surface area (TPSA) is 72.6 Å². The molecule has 0 bridgehead atoms. The van der Waals surface area contributed by atoms with Crippen molar-refractivity contribution in [2.24, 2.45) is 11.7 Å². The van der Waals surface area contributed by atoms with Crippen LogP contribution in [0.25, 0.3) is 0 Å². The Morgan fingerprint density at radius 1 is 1.37 bits per heavy atom. The molecule has 0 saturated carbocycles. The molecule has 1 amide bonds. The highest BCUT2D eigenvalue weighted by molar-refractivity contribution is 5.92. The van der Waals surface area contributed by atoms with Crippen molar-refractivity contribution >= 4 is 5.91 Å². The Balaban J connectivity index is 1.82. The van der Waals surface area contributed by atoms with Gasteiger partial charge in [-0.3, -0.25) is 4.79 Å². The largest absolute Gasteiger partial charge is 0.394 e. The molecule has 106 valence electrons. The van der Waals surface area contributed by atoms with Crippen LogP contribution < -0.4 is 5.73 Å². The number of hydrogen-bond acceptors (Lipinski definition) is 3. The average Bonchev–Trinajstić information content (AvgIpc) is 2.79. The lowest BCUT2D eigenvalue weighted by molar-refractivity contribution is -0.114. The summed E-state index contributed by atoms with van der Waals surface area (Å²) in [7, 11) is 0. The first-order chi connectivity index (χ1) is 9.19. The van der Waals surface area contributed by atoms with E-state index < -0.39 is 0 Å². The van der Waals surface area contributed by atoms with Crippen molar-refractivity contribution in [1.82, 2.24) is 0 Å². The summed E-state index contributed by atoms with van der Waals surface area (Å²) in [6, 6.07) is 0. The standard InChI is InChI=1S/C15H23NO3/c16-15(18)12-5-1-3-11(4-2-6-12)9-13-7-8-14(10-17)19-13/h1,3,6,11,13-14,17H,2,4-5,7-10H2,(H2,16,18)/t11-,13?,14?/m1/s1. The van der Waals surface area contributed by atoms with E-state index in [-0.39, 0.29) is 24.7 Å². The molecule has 3 atom stereocenters. The first-order valence-electron chi connectivity index (χ1n) is 7.11. The third-order valence-corrected chi connectivity index (χ3v) is 3.96. The van der Waals surface area contributed by atoms with Crippen LogP contribution in [0, 0.1) is 5.92 Å². The van der Waals surface area contributed by atoms with Gasteiger partial charge in [0.2, 0.25) is 5.91 Å². The lowest BCUT2D eigenvalue weighted by atomic mass is 9.91. The van der Waals surface area contributed by atoms with Crippen LogP contribution in [-0.2, 0) is 9.53 Å². The van der Waals surface area contributed by atoms with Crippen molar-refractivity contribution in [2.75, 3.05) is 6.61 Å². The molecule has 1 fully saturated rings. The van der Waals surface area contributed by atoms with Crippen LogP contribution in [0.15, 0.2) is 23.8 Å². The molecule has 0 aromatic rings. The summed E-state index contributed by atoms with van der Waals surface area (Å²) in [6.07, 6.45) is 12.1. The van der Waals surface area contributed by atoms with Crippen molar-refractivity contribution in [3.63, 3.8) is 0 Å². The summed E-state index contributed by atoms with van der Waals surface area (Å²) in [5.41, 5.74) is 6.02. The first-order valence-corrected chi connectivity index (χ1v) is 7.11. The minimum absolute atomic E-state index is 0.0314. The quantitative estimate of drug-likeness (QED) is 0.760. The van der Waals surface area contributed by atoms with Gasteiger partial charge in [0.05, 0.1) is 18.8 Å². The molecule has 0 aromatic heterocycles. The van der Waals surface area contributed by atoms with Gasteiger partial charge in [-0.15, -0.1) is 0 Å². The number of amides is 1. The molecule has 4 nitrogen and oxygen atoms in total. The summed E-state index contributed by atoms with van der Waals surface area (Å²) in [5.74, 6) is 0.182. The molecule has 3 N–H and O–H groups in total. The van der Waals surface area contributed by atoms with Gasteiger partial charge in [0.15, 0.2) is 0 Å². The number of nitrogens with two attached hydrogens (primary N) is 1. The van der Waals surface area contributed by atoms with E-state index in [4.69, 9.17) is 15.6 Å². The minimum Gasteiger partial charge on any atom is -0.394 e. The molecule has 0 spiro atoms. The highest BCUT2D eigenvalue weighted by Gasteiger charge is 2.26. The van der Waals surface area contributed by atoms with Crippen LogP contribution in [0.1, 0.15) is 38.5 Å². The van der Waals surface area contributed by atoms with Crippen LogP contribution in [0.2, 0.25) is 0 Å². The molecule has 1 saturated heterocycles. The molecular formula is C15H23NO3. The van der Waals surface area contributed by atoms with Crippen LogP contribution in [0.3, 0.4) is 0 Å². The number of aliphatic hydroxyl groups excluding tert-OH is 1. The molecule has 1 aliphatic heterocycles. The zero-order chi connectivity index (χ0) is 13.7. The van der Waals surface area contributed by atoms with E-state index in [1.807, 2.05) is 12.2 Å². The zero-order valence-corrected chi connectivity index (χ0v) is 11.3. The lowest BCUT2D eigenvalue weighted by Crippen LogP contribution is -2.18. The van der Waals surface area contributed by atoms with Gasteiger partial charge >= 0.3 is 0 Å². The van der Waals surface area contributed by atoms with Gasteiger partial charge in [0.25, 0.3) is 0 Å². The summed E-state index contributed by atoms with van der Waals surface area (Å²) in [4.78, 5) is 11.1. The summed E-state index contributed by atoms with van der Waals surface area (Å²) >= 11 is 0. The fourth-order valence-corrected chi connectivity index (χ4v) is 2.86. The van der Waals surface area contributed by atoms with Gasteiger partial charge < -0.3 is 15.6 Å². The Labute approximate surface area is 114 Å². The third kappa shape index (κ3) is 4.18. The van der Waals surface area contributed by atoms with Crippen molar-refractivity contribution in [2.45, 2.75) is 50.7 Å². The van der Waals surface area contributed by atoms with Gasteiger partial charge in [0.1, 0.15) is 0 Å². The molecule has 2 aliphatic rings. The molecule has 0 radical (unpaired) electrons. The molecular weight excluding hydrogens is 242 g/mol. The number of aliphatic hydroxyl groups is 1. The Kier molecular flexibility index (Phi) is 5.16. The highest BCUT2D eigenvalue weighted by atomic mass is 16.5. The van der Waals surface area contributed by atoms with Crippen molar-refractivity contribution in [3.05, 3.63) is 23.8 Å². The molecule has 19 heavy (non-hydrogen) atoms. The fraction of sp³-hybridized carbons (Fsp3) is 0.667. The van der Waals surface area contributed by atoms with Gasteiger partial charge in [-0.1, -0.05) is 18.2 Å². The first kappa shape index (κ1) is 14.3. The Morgan fingerprint density at radius 2 is 2.16 bits per heavy atom. The van der Waals surface area contributed by atoms with Gasteiger partial charge in [-0.05, 0) is 44.4 Å². The van der Waals surface area contributed by atoms with E-state index in [1.165, 1.54) is 0 Å². The molecule has 2 rings (SSSR count). The molecule has 1 aliphatic carbocycles. The second kappa shape index (κ2) is 6.87. The third-order valence-electron chi connectivity index (χ3n) is 3.96. The molecule has 0 aromatic carbocycles. The molecule has 4 heteroatoms. The van der Waals surface area contributed by atoms with E-state index in [1.54, 1.807) is 0 Å². The smallest absolute Gasteiger partial charge is 0.244 e. The normalized spacial score (nSPS) is 31.6. The van der Waals surface area contributed by atoms with Crippen molar-refractivity contribution in [1.29, 1.82) is 0 Å². The SMILES string of the molecule is NC(=O)C1=CCC[C@H](CC2CCC(CO)O2)C=CC1. The van der Waals surface area contributed by atoms with Gasteiger partial charge in [0, 0.05) is 5.57 Å². The van der Waals surface area contributed by atoms with Crippen LogP contribution in [0.4, 0.5) is 0 Å². The summed E-state index contributed by atoms with van der Waals surface area (Å²) < 4.78 is 5.77. The van der Waals surface area contributed by atoms with E-state index >= 15 is 0 Å². The van der Waals surface area contributed by atoms with Crippen LogP contribution in [-0.4, -0.2) is 29.8 Å². The molecule has 2 unspecified atom stereocenters. The number of hydrogen-bond donors (Lipinski definition) is 2. The average molecular weight is 265 g/mol. The maximum Gasteiger partial charge on any atom is 0.244 e. The number of carbonyl (C=O) groups is 1. The minimum atomic E-state index is -0.312. The second-order valence-electron chi connectivity index (χ2n) is 5.44. The number of carbonyl (C=O) groups excluding carboxylic acids is 1. The maximum atomic E-state index is 11.1. The van der Waals surface area contributed by atoms with E-state index in [0.717, 1.165) is 32.1 Å². The van der Waals surface area contributed by atoms with Crippen LogP contribution in [0.5, 0.6) is 0 Å². The van der Waals surface area contributed by atoms with E-state index in [2.05, 4.69) is 6.08 Å². The number of ether oxygens (including phenoxy) is 1. The van der Waals surface area contributed by atoms with Crippen LogP contribution >= 0.6 is 0 Å². The zero-order valence-electron chi connectivity index (χ0n) is 11.3. The van der Waals surface area contributed by atoms with Crippen molar-refractivity contribution < 1.29 is 14.6 Å². The maximum absolute atomic E-state index is 11.1. The van der Waals surface area contributed by atoms with Gasteiger partial charge in [-0.2, -0.15) is 0 Å². The van der Waals surface area contributed by atoms with Gasteiger partial charge in [-0.25, -0.2) is 0 Å². The Hall–Kier alpha value is -1.13. The van der Waals surface area contributed by atoms with E-state index in [0.29, 0.717) is 17.9 Å². The fourth-order valence-electron chi connectivity index (χ4n) is 2.86.